The molecule has 0 aliphatic rings. The van der Waals surface area contributed by atoms with E-state index in [2.05, 4.69) is 18.3 Å². The lowest BCUT2D eigenvalue weighted by atomic mass is 10.1. The molecule has 0 fully saturated rings. The number of rotatable bonds is 3. The maximum Gasteiger partial charge on any atom is 0.0930 e. The van der Waals surface area contributed by atoms with Crippen molar-refractivity contribution in [2.75, 3.05) is 5.32 Å². The number of hydrogen-bond acceptors (Lipinski definition) is 2. The van der Waals surface area contributed by atoms with Crippen LogP contribution in [-0.4, -0.2) is 0 Å². The van der Waals surface area contributed by atoms with Gasteiger partial charge in [-0.1, -0.05) is 25.1 Å². The quantitative estimate of drug-likeness (QED) is 0.736. The monoisotopic (exact) mass is 186 g/mol. The van der Waals surface area contributed by atoms with Gasteiger partial charge in [-0.05, 0) is 25.0 Å². The predicted octanol–water partition coefficient (Wildman–Crippen LogP) is 3.09. The van der Waals surface area contributed by atoms with Crippen LogP contribution in [0.1, 0.15) is 19.4 Å². The second kappa shape index (κ2) is 5.08. The van der Waals surface area contributed by atoms with Gasteiger partial charge < -0.3 is 5.32 Å². The van der Waals surface area contributed by atoms with E-state index < -0.39 is 0 Å². The molecule has 0 heterocycles. The van der Waals surface area contributed by atoms with Gasteiger partial charge in [-0.3, -0.25) is 0 Å². The predicted molar refractivity (Wildman–Crippen MR) is 58.8 cm³/mol. The van der Waals surface area contributed by atoms with Crippen LogP contribution in [0.2, 0.25) is 0 Å². The number of nitriles is 1. The van der Waals surface area contributed by atoms with Crippen LogP contribution < -0.4 is 5.32 Å². The largest absolute Gasteiger partial charge is 0.358 e. The molecule has 0 radical (unpaired) electrons. The zero-order valence-corrected chi connectivity index (χ0v) is 8.54. The molecule has 1 aromatic rings. The summed E-state index contributed by atoms with van der Waals surface area (Å²) in [5, 5.41) is 11.7. The van der Waals surface area contributed by atoms with Crippen molar-refractivity contribution in [3.8, 4) is 6.07 Å². The molecule has 14 heavy (non-hydrogen) atoms. The van der Waals surface area contributed by atoms with E-state index in [9.17, 15) is 0 Å². The summed E-state index contributed by atoms with van der Waals surface area (Å²) in [6, 6.07) is 10.1. The Hall–Kier alpha value is -1.75. The highest BCUT2D eigenvalue weighted by molar-refractivity contribution is 5.54. The average Bonchev–Trinajstić information content (AvgIpc) is 2.19. The van der Waals surface area contributed by atoms with Gasteiger partial charge in [0.15, 0.2) is 0 Å². The number of anilines is 1. The molecular formula is C12H14N2. The van der Waals surface area contributed by atoms with E-state index in [1.165, 1.54) is 11.6 Å². The van der Waals surface area contributed by atoms with E-state index in [0.29, 0.717) is 0 Å². The van der Waals surface area contributed by atoms with Gasteiger partial charge in [0.1, 0.15) is 0 Å². The molecule has 2 heteroatoms. The van der Waals surface area contributed by atoms with Crippen LogP contribution in [0, 0.1) is 11.3 Å². The first-order chi connectivity index (χ1) is 6.77. The third-order valence-electron chi connectivity index (χ3n) is 2.01. The Morgan fingerprint density at radius 3 is 2.86 bits per heavy atom. The molecule has 0 spiro atoms. The molecule has 0 saturated carbocycles. The fourth-order valence-corrected chi connectivity index (χ4v) is 1.30. The highest BCUT2D eigenvalue weighted by Gasteiger charge is 1.98. The Morgan fingerprint density at radius 1 is 1.50 bits per heavy atom. The first-order valence-corrected chi connectivity index (χ1v) is 4.69. The van der Waals surface area contributed by atoms with Gasteiger partial charge in [-0.2, -0.15) is 5.26 Å². The van der Waals surface area contributed by atoms with Crippen molar-refractivity contribution in [3.05, 3.63) is 41.6 Å². The van der Waals surface area contributed by atoms with Crippen molar-refractivity contribution >= 4 is 5.69 Å². The summed E-state index contributed by atoms with van der Waals surface area (Å²) in [5.41, 5.74) is 3.21. The van der Waals surface area contributed by atoms with Crippen molar-refractivity contribution in [3.63, 3.8) is 0 Å². The van der Waals surface area contributed by atoms with Crippen molar-refractivity contribution in [2.24, 2.45) is 0 Å². The smallest absolute Gasteiger partial charge is 0.0930 e. The second-order valence-electron chi connectivity index (χ2n) is 3.09. The minimum absolute atomic E-state index is 0.869. The van der Waals surface area contributed by atoms with Gasteiger partial charge in [0.2, 0.25) is 0 Å². The number of para-hydroxylation sites is 1. The van der Waals surface area contributed by atoms with Crippen LogP contribution in [0.25, 0.3) is 0 Å². The Balaban J connectivity index is 2.87. The maximum atomic E-state index is 8.47. The summed E-state index contributed by atoms with van der Waals surface area (Å²) >= 11 is 0. The molecule has 1 aromatic carbocycles. The van der Waals surface area contributed by atoms with Crippen molar-refractivity contribution < 1.29 is 0 Å². The Kier molecular flexibility index (Phi) is 3.75. The van der Waals surface area contributed by atoms with Crippen LogP contribution >= 0.6 is 0 Å². The van der Waals surface area contributed by atoms with Crippen molar-refractivity contribution in [1.29, 1.82) is 5.26 Å². The third-order valence-corrected chi connectivity index (χ3v) is 2.01. The van der Waals surface area contributed by atoms with E-state index in [1.807, 2.05) is 31.2 Å². The van der Waals surface area contributed by atoms with Crippen LogP contribution in [0.15, 0.2) is 36.0 Å². The van der Waals surface area contributed by atoms with Gasteiger partial charge in [0.25, 0.3) is 0 Å². The SMILES string of the molecule is CCc1ccccc1N/C(C)=C\C#N. The Morgan fingerprint density at radius 2 is 2.21 bits per heavy atom. The van der Waals surface area contributed by atoms with E-state index in [0.717, 1.165) is 17.8 Å². The molecule has 0 saturated heterocycles. The average molecular weight is 186 g/mol. The Labute approximate surface area is 84.9 Å². The van der Waals surface area contributed by atoms with Crippen LogP contribution in [-0.2, 0) is 6.42 Å². The summed E-state index contributed by atoms with van der Waals surface area (Å²) < 4.78 is 0. The minimum Gasteiger partial charge on any atom is -0.358 e. The summed E-state index contributed by atoms with van der Waals surface area (Å²) in [4.78, 5) is 0. The molecule has 0 aromatic heterocycles. The molecule has 0 aliphatic carbocycles. The molecule has 0 bridgehead atoms. The first-order valence-electron chi connectivity index (χ1n) is 4.69. The van der Waals surface area contributed by atoms with Gasteiger partial charge in [0.05, 0.1) is 6.07 Å². The second-order valence-corrected chi connectivity index (χ2v) is 3.09. The Bertz CT molecular complexity index is 372. The standard InChI is InChI=1S/C12H14N2/c1-3-11-6-4-5-7-12(11)14-10(2)8-9-13/h4-8,14H,3H2,1-2H3/b10-8-. The molecule has 1 N–H and O–H groups in total. The van der Waals surface area contributed by atoms with Crippen LogP contribution in [0.4, 0.5) is 5.69 Å². The lowest BCUT2D eigenvalue weighted by Gasteiger charge is -2.09. The number of benzene rings is 1. The van der Waals surface area contributed by atoms with Crippen molar-refractivity contribution in [2.45, 2.75) is 20.3 Å². The number of allylic oxidation sites excluding steroid dienone is 2. The molecule has 0 atom stereocenters. The zero-order valence-electron chi connectivity index (χ0n) is 8.54. The normalized spacial score (nSPS) is 10.8. The molecule has 2 nitrogen and oxygen atoms in total. The van der Waals surface area contributed by atoms with Crippen molar-refractivity contribution in [1.82, 2.24) is 0 Å². The van der Waals surface area contributed by atoms with E-state index in [-0.39, 0.29) is 0 Å². The molecule has 0 unspecified atom stereocenters. The number of nitrogens with one attached hydrogen (secondary N) is 1. The lowest BCUT2D eigenvalue weighted by molar-refractivity contribution is 1.13. The lowest BCUT2D eigenvalue weighted by Crippen LogP contribution is -1.98. The topological polar surface area (TPSA) is 35.8 Å². The molecule has 0 amide bonds. The number of nitrogens with zero attached hydrogens (tertiary/aromatic N) is 1. The highest BCUT2D eigenvalue weighted by Crippen LogP contribution is 2.16. The van der Waals surface area contributed by atoms with Gasteiger partial charge in [0, 0.05) is 17.5 Å². The highest BCUT2D eigenvalue weighted by atomic mass is 14.9. The molecule has 0 aliphatic heterocycles. The maximum absolute atomic E-state index is 8.47. The summed E-state index contributed by atoms with van der Waals surface area (Å²) in [6.45, 7) is 4.00. The number of hydrogen-bond donors (Lipinski definition) is 1. The first kappa shape index (κ1) is 10.3. The van der Waals surface area contributed by atoms with E-state index >= 15 is 0 Å². The van der Waals surface area contributed by atoms with E-state index in [4.69, 9.17) is 5.26 Å². The molecule has 1 rings (SSSR count). The minimum atomic E-state index is 0.869. The van der Waals surface area contributed by atoms with Gasteiger partial charge in [-0.15, -0.1) is 0 Å². The summed E-state index contributed by atoms with van der Waals surface area (Å²) in [7, 11) is 0. The van der Waals surface area contributed by atoms with Crippen LogP contribution in [0.5, 0.6) is 0 Å². The summed E-state index contributed by atoms with van der Waals surface area (Å²) in [5.74, 6) is 0. The summed E-state index contributed by atoms with van der Waals surface area (Å²) in [6.07, 6.45) is 2.50. The fourth-order valence-electron chi connectivity index (χ4n) is 1.30. The van der Waals surface area contributed by atoms with E-state index in [1.54, 1.807) is 0 Å². The molecular weight excluding hydrogens is 172 g/mol. The van der Waals surface area contributed by atoms with Gasteiger partial charge >= 0.3 is 0 Å². The zero-order chi connectivity index (χ0) is 10.4. The molecule has 72 valence electrons. The van der Waals surface area contributed by atoms with Gasteiger partial charge in [-0.25, -0.2) is 0 Å². The van der Waals surface area contributed by atoms with Crippen LogP contribution in [0.3, 0.4) is 0 Å². The number of aryl methyl sites for hydroxylation is 1. The fraction of sp³-hybridized carbons (Fsp3) is 0.250. The third kappa shape index (κ3) is 2.63.